The summed E-state index contributed by atoms with van der Waals surface area (Å²) in [5.41, 5.74) is 2.53. The minimum absolute atomic E-state index is 0.0903. The van der Waals surface area contributed by atoms with Gasteiger partial charge in [0.25, 0.3) is 0 Å². The number of hydrogen-bond acceptors (Lipinski definition) is 3. The molecule has 27 heavy (non-hydrogen) atoms. The molecule has 0 aliphatic carbocycles. The van der Waals surface area contributed by atoms with Crippen LogP contribution in [-0.2, 0) is 10.3 Å². The molecule has 144 valence electrons. The van der Waals surface area contributed by atoms with Crippen LogP contribution in [-0.4, -0.2) is 35.5 Å². The summed E-state index contributed by atoms with van der Waals surface area (Å²) < 4.78 is 13.3. The van der Waals surface area contributed by atoms with Gasteiger partial charge in [0.1, 0.15) is 5.82 Å². The molecule has 1 atom stereocenters. The maximum atomic E-state index is 13.3. The first kappa shape index (κ1) is 19.5. The number of likely N-dealkylation sites (tertiary alicyclic amines) is 1. The zero-order valence-corrected chi connectivity index (χ0v) is 15.9. The van der Waals surface area contributed by atoms with Crippen LogP contribution in [0.25, 0.3) is 0 Å². The van der Waals surface area contributed by atoms with Crippen LogP contribution >= 0.6 is 0 Å². The molecule has 4 nitrogen and oxygen atoms in total. The number of amides is 1. The second kappa shape index (κ2) is 8.19. The molecule has 2 aromatic rings. The zero-order chi connectivity index (χ0) is 19.4. The number of rotatable bonds is 5. The number of carbonyl (C=O) groups excluding carboxylic acids is 1. The number of aryl methyl sites for hydroxylation is 1. The molecule has 3 rings (SSSR count). The highest BCUT2D eigenvalue weighted by Crippen LogP contribution is 2.34. The molecular weight excluding hydrogens is 343 g/mol. The van der Waals surface area contributed by atoms with Crippen molar-refractivity contribution in [3.8, 4) is 0 Å². The molecule has 0 bridgehead atoms. The van der Waals surface area contributed by atoms with Crippen molar-refractivity contribution < 1.29 is 14.3 Å². The molecule has 1 saturated heterocycles. The Hall–Kier alpha value is -2.24. The van der Waals surface area contributed by atoms with Gasteiger partial charge in [0, 0.05) is 26.6 Å². The summed E-state index contributed by atoms with van der Waals surface area (Å²) in [6, 6.07) is 14.3. The number of nitrogens with zero attached hydrogens (tertiary/aromatic N) is 1. The molecule has 1 amide bonds. The van der Waals surface area contributed by atoms with Gasteiger partial charge in [-0.05, 0) is 43.0 Å². The summed E-state index contributed by atoms with van der Waals surface area (Å²) in [5.74, 6) is -0.372. The highest BCUT2D eigenvalue weighted by molar-refractivity contribution is 5.74. The number of nitrogens with one attached hydrogen (secondary N) is 1. The molecule has 1 aliphatic rings. The smallest absolute Gasteiger partial charge is 0.217 e. The molecule has 0 saturated carbocycles. The van der Waals surface area contributed by atoms with Crippen LogP contribution in [0.2, 0.25) is 0 Å². The number of halogens is 1. The molecule has 5 heteroatoms. The summed E-state index contributed by atoms with van der Waals surface area (Å²) >= 11 is 0. The maximum Gasteiger partial charge on any atom is 0.217 e. The van der Waals surface area contributed by atoms with Crippen LogP contribution in [0.15, 0.2) is 48.5 Å². The molecule has 0 radical (unpaired) electrons. The fourth-order valence-electron chi connectivity index (χ4n) is 3.85. The molecule has 1 aliphatic heterocycles. The summed E-state index contributed by atoms with van der Waals surface area (Å²) in [6.45, 7) is 5.60. The van der Waals surface area contributed by atoms with E-state index in [1.807, 2.05) is 31.2 Å². The second-order valence-corrected chi connectivity index (χ2v) is 7.50. The first-order valence-corrected chi connectivity index (χ1v) is 9.40. The zero-order valence-electron chi connectivity index (χ0n) is 15.9. The average molecular weight is 370 g/mol. The van der Waals surface area contributed by atoms with E-state index in [1.165, 1.54) is 24.6 Å². The first-order chi connectivity index (χ1) is 12.9. The van der Waals surface area contributed by atoms with E-state index in [2.05, 4.69) is 10.2 Å². The number of hydrogen-bond donors (Lipinski definition) is 2. The van der Waals surface area contributed by atoms with Crippen LogP contribution in [0, 0.1) is 12.7 Å². The van der Waals surface area contributed by atoms with Crippen LogP contribution < -0.4 is 5.32 Å². The number of aliphatic hydroxyl groups excluding tert-OH is 1. The Kier molecular flexibility index (Phi) is 5.92. The van der Waals surface area contributed by atoms with Gasteiger partial charge in [-0.1, -0.05) is 42.0 Å². The third kappa shape index (κ3) is 4.73. The minimum Gasteiger partial charge on any atom is -0.387 e. The van der Waals surface area contributed by atoms with E-state index in [9.17, 15) is 14.3 Å². The van der Waals surface area contributed by atoms with E-state index in [4.69, 9.17) is 0 Å². The van der Waals surface area contributed by atoms with E-state index in [1.54, 1.807) is 12.1 Å². The van der Waals surface area contributed by atoms with Gasteiger partial charge in [-0.3, -0.25) is 4.79 Å². The van der Waals surface area contributed by atoms with Crippen molar-refractivity contribution in [1.82, 2.24) is 10.2 Å². The fraction of sp³-hybridized carbons (Fsp3) is 0.409. The van der Waals surface area contributed by atoms with E-state index in [0.29, 0.717) is 6.54 Å². The first-order valence-electron chi connectivity index (χ1n) is 9.40. The van der Waals surface area contributed by atoms with Crippen LogP contribution in [0.3, 0.4) is 0 Å². The van der Waals surface area contributed by atoms with Crippen molar-refractivity contribution in [2.24, 2.45) is 0 Å². The SMILES string of the molecule is CC(=O)NC1(c2ccc(F)cc2)CCN(C[C@H](O)c2ccc(C)cc2)CC1. The predicted molar refractivity (Wildman–Crippen MR) is 104 cm³/mol. The number of benzene rings is 2. The molecule has 2 aromatic carbocycles. The third-order valence-corrected chi connectivity index (χ3v) is 5.41. The van der Waals surface area contributed by atoms with Crippen LogP contribution in [0.4, 0.5) is 4.39 Å². The Morgan fingerprint density at radius 2 is 1.74 bits per heavy atom. The van der Waals surface area contributed by atoms with Crippen molar-refractivity contribution in [2.75, 3.05) is 19.6 Å². The van der Waals surface area contributed by atoms with Crippen molar-refractivity contribution in [2.45, 2.75) is 38.3 Å². The molecule has 1 fully saturated rings. The lowest BCUT2D eigenvalue weighted by Gasteiger charge is -2.43. The Labute approximate surface area is 160 Å². The van der Waals surface area contributed by atoms with Gasteiger partial charge in [-0.15, -0.1) is 0 Å². The van der Waals surface area contributed by atoms with Gasteiger partial charge in [-0.25, -0.2) is 4.39 Å². The molecular formula is C22H27FN2O2. The van der Waals surface area contributed by atoms with E-state index >= 15 is 0 Å². The lowest BCUT2D eigenvalue weighted by molar-refractivity contribution is -0.121. The Morgan fingerprint density at radius 3 is 2.30 bits per heavy atom. The topological polar surface area (TPSA) is 52.6 Å². The minimum atomic E-state index is -0.537. The number of aliphatic hydroxyl groups is 1. The monoisotopic (exact) mass is 370 g/mol. The largest absolute Gasteiger partial charge is 0.387 e. The second-order valence-electron chi connectivity index (χ2n) is 7.50. The number of β-amino-alcohol motifs (C(OH)–C–C–N with tert-alkyl or cyclic N) is 1. The normalized spacial score (nSPS) is 18.1. The lowest BCUT2D eigenvalue weighted by atomic mass is 9.80. The van der Waals surface area contributed by atoms with E-state index < -0.39 is 11.6 Å². The van der Waals surface area contributed by atoms with Crippen LogP contribution in [0.5, 0.6) is 0 Å². The lowest BCUT2D eigenvalue weighted by Crippen LogP contribution is -2.53. The molecule has 0 unspecified atom stereocenters. The Bertz CT molecular complexity index is 766. The van der Waals surface area contributed by atoms with E-state index in [0.717, 1.165) is 37.1 Å². The van der Waals surface area contributed by atoms with Crippen molar-refractivity contribution in [3.05, 3.63) is 71.0 Å². The molecule has 0 aromatic heterocycles. The van der Waals surface area contributed by atoms with Gasteiger partial charge in [0.15, 0.2) is 0 Å². The highest BCUT2D eigenvalue weighted by atomic mass is 19.1. The number of carbonyl (C=O) groups is 1. The Morgan fingerprint density at radius 1 is 1.15 bits per heavy atom. The van der Waals surface area contributed by atoms with Gasteiger partial charge < -0.3 is 15.3 Å². The summed E-state index contributed by atoms with van der Waals surface area (Å²) in [5, 5.41) is 13.6. The molecule has 0 spiro atoms. The van der Waals surface area contributed by atoms with Crippen molar-refractivity contribution in [1.29, 1.82) is 0 Å². The third-order valence-electron chi connectivity index (χ3n) is 5.41. The van der Waals surface area contributed by atoms with Gasteiger partial charge >= 0.3 is 0 Å². The number of piperidine rings is 1. The van der Waals surface area contributed by atoms with Gasteiger partial charge in [0.05, 0.1) is 11.6 Å². The summed E-state index contributed by atoms with van der Waals surface area (Å²) in [4.78, 5) is 14.0. The predicted octanol–water partition coefficient (Wildman–Crippen LogP) is 3.29. The van der Waals surface area contributed by atoms with E-state index in [-0.39, 0.29) is 11.7 Å². The van der Waals surface area contributed by atoms with Gasteiger partial charge in [-0.2, -0.15) is 0 Å². The van der Waals surface area contributed by atoms with Gasteiger partial charge in [0.2, 0.25) is 5.91 Å². The van der Waals surface area contributed by atoms with Crippen molar-refractivity contribution in [3.63, 3.8) is 0 Å². The summed E-state index contributed by atoms with van der Waals surface area (Å²) in [6.07, 6.45) is 0.905. The van der Waals surface area contributed by atoms with Crippen LogP contribution in [0.1, 0.15) is 42.6 Å². The highest BCUT2D eigenvalue weighted by Gasteiger charge is 2.37. The Balaban J connectivity index is 1.67. The molecule has 1 heterocycles. The van der Waals surface area contributed by atoms with Crippen molar-refractivity contribution >= 4 is 5.91 Å². The standard InChI is InChI=1S/C22H27FN2O2/c1-16-3-5-18(6-4-16)21(27)15-25-13-11-22(12-14-25,24-17(2)26)19-7-9-20(23)10-8-19/h3-10,21,27H,11-15H2,1-2H3,(H,24,26)/t21-/m0/s1. The summed E-state index contributed by atoms with van der Waals surface area (Å²) in [7, 11) is 0. The average Bonchev–Trinajstić information content (AvgIpc) is 2.64. The fourth-order valence-corrected chi connectivity index (χ4v) is 3.85. The molecule has 2 N–H and O–H groups in total. The quantitative estimate of drug-likeness (QED) is 0.849. The maximum absolute atomic E-state index is 13.3.